The number of methoxy groups -OCH3 is 1. The zero-order valence-electron chi connectivity index (χ0n) is 16.1. The summed E-state index contributed by atoms with van der Waals surface area (Å²) in [5.41, 5.74) is 1.79. The van der Waals surface area contributed by atoms with Crippen molar-refractivity contribution < 1.29 is 22.7 Å². The molecule has 0 aliphatic carbocycles. The molecule has 29 heavy (non-hydrogen) atoms. The highest BCUT2D eigenvalue weighted by Crippen LogP contribution is 2.24. The lowest BCUT2D eigenvalue weighted by molar-refractivity contribution is -0.136. The minimum atomic E-state index is -3.29. The largest absolute Gasteiger partial charge is 0.497 e. The molecule has 0 unspecified atom stereocenters. The van der Waals surface area contributed by atoms with Crippen LogP contribution < -0.4 is 19.7 Å². The number of anilines is 2. The van der Waals surface area contributed by atoms with Gasteiger partial charge in [0.25, 0.3) is 0 Å². The van der Waals surface area contributed by atoms with Gasteiger partial charge in [0, 0.05) is 18.8 Å². The number of nitrogens with one attached hydrogen (secondary N) is 2. The number of hydrogen-bond acceptors (Lipinski definition) is 5. The van der Waals surface area contributed by atoms with E-state index in [0.717, 1.165) is 12.0 Å². The smallest absolute Gasteiger partial charge is 0.313 e. The predicted octanol–water partition coefficient (Wildman–Crippen LogP) is 1.88. The Morgan fingerprint density at radius 2 is 1.69 bits per heavy atom. The monoisotopic (exact) mass is 417 g/mol. The van der Waals surface area contributed by atoms with Gasteiger partial charge in [-0.2, -0.15) is 0 Å². The molecule has 1 fully saturated rings. The molecule has 2 amide bonds. The van der Waals surface area contributed by atoms with Crippen molar-refractivity contribution >= 4 is 33.2 Å². The molecule has 0 aromatic heterocycles. The average molecular weight is 417 g/mol. The number of nitrogens with zero attached hydrogens (tertiary/aromatic N) is 1. The number of amides is 2. The summed E-state index contributed by atoms with van der Waals surface area (Å²) in [6, 6.07) is 13.5. The Morgan fingerprint density at radius 1 is 1.00 bits per heavy atom. The van der Waals surface area contributed by atoms with Crippen LogP contribution in [0.3, 0.4) is 0 Å². The van der Waals surface area contributed by atoms with Gasteiger partial charge in [-0.3, -0.25) is 13.9 Å². The summed E-state index contributed by atoms with van der Waals surface area (Å²) >= 11 is 0. The van der Waals surface area contributed by atoms with Crippen LogP contribution in [0.4, 0.5) is 11.4 Å². The average Bonchev–Trinajstić information content (AvgIpc) is 2.72. The SMILES string of the molecule is COc1ccc(CNC(=O)C(=O)Nc2ccc(N3CCCCS3(=O)=O)cc2)cc1. The fraction of sp³-hybridized carbons (Fsp3) is 0.300. The van der Waals surface area contributed by atoms with Crippen LogP contribution in [0, 0.1) is 0 Å². The lowest BCUT2D eigenvalue weighted by atomic mass is 10.2. The standard InChI is InChI=1S/C20H23N3O5S/c1-28-18-10-4-15(5-11-18)14-21-19(24)20(25)22-16-6-8-17(9-7-16)23-12-2-3-13-29(23,26)27/h4-11H,2-3,12-14H2,1H3,(H,21,24)(H,22,25). The second-order valence-electron chi connectivity index (χ2n) is 6.63. The predicted molar refractivity (Wildman–Crippen MR) is 110 cm³/mol. The molecule has 1 saturated heterocycles. The van der Waals surface area contributed by atoms with Crippen molar-refractivity contribution in [1.82, 2.24) is 5.32 Å². The lowest BCUT2D eigenvalue weighted by Gasteiger charge is -2.28. The first-order chi connectivity index (χ1) is 13.9. The van der Waals surface area contributed by atoms with Crippen LogP contribution in [-0.2, 0) is 26.2 Å². The van der Waals surface area contributed by atoms with Crippen LogP contribution in [0.25, 0.3) is 0 Å². The molecule has 1 aliphatic rings. The highest BCUT2D eigenvalue weighted by atomic mass is 32.2. The summed E-state index contributed by atoms with van der Waals surface area (Å²) < 4.78 is 30.8. The Morgan fingerprint density at radius 3 is 2.31 bits per heavy atom. The maximum Gasteiger partial charge on any atom is 0.313 e. The van der Waals surface area contributed by atoms with E-state index in [9.17, 15) is 18.0 Å². The van der Waals surface area contributed by atoms with Crippen LogP contribution in [0.15, 0.2) is 48.5 Å². The van der Waals surface area contributed by atoms with E-state index < -0.39 is 21.8 Å². The summed E-state index contributed by atoms with van der Waals surface area (Å²) in [5, 5.41) is 5.06. The van der Waals surface area contributed by atoms with Gasteiger partial charge in [0.2, 0.25) is 10.0 Å². The van der Waals surface area contributed by atoms with Crippen molar-refractivity contribution in [3.63, 3.8) is 0 Å². The third kappa shape index (κ3) is 5.26. The van der Waals surface area contributed by atoms with Gasteiger partial charge in [-0.15, -0.1) is 0 Å². The minimum Gasteiger partial charge on any atom is -0.497 e. The highest BCUT2D eigenvalue weighted by Gasteiger charge is 2.25. The van der Waals surface area contributed by atoms with Gasteiger partial charge >= 0.3 is 11.8 Å². The van der Waals surface area contributed by atoms with Crippen molar-refractivity contribution in [1.29, 1.82) is 0 Å². The maximum absolute atomic E-state index is 12.2. The first-order valence-electron chi connectivity index (χ1n) is 9.21. The van der Waals surface area contributed by atoms with Gasteiger partial charge in [0.1, 0.15) is 5.75 Å². The molecule has 3 rings (SSSR count). The summed E-state index contributed by atoms with van der Waals surface area (Å²) in [4.78, 5) is 24.1. The van der Waals surface area contributed by atoms with Gasteiger partial charge in [-0.25, -0.2) is 8.42 Å². The molecule has 8 nitrogen and oxygen atoms in total. The highest BCUT2D eigenvalue weighted by molar-refractivity contribution is 7.92. The molecule has 2 aromatic rings. The van der Waals surface area contributed by atoms with Crippen LogP contribution in [-0.4, -0.2) is 39.6 Å². The molecule has 1 aliphatic heterocycles. The molecular weight excluding hydrogens is 394 g/mol. The van der Waals surface area contributed by atoms with Crippen LogP contribution in [0.2, 0.25) is 0 Å². The molecule has 154 valence electrons. The number of hydrogen-bond donors (Lipinski definition) is 2. The van der Waals surface area contributed by atoms with Crippen LogP contribution in [0.1, 0.15) is 18.4 Å². The molecule has 1 heterocycles. The molecule has 0 saturated carbocycles. The van der Waals surface area contributed by atoms with Gasteiger partial charge in [0.05, 0.1) is 18.6 Å². The number of carbonyl (C=O) groups is 2. The van der Waals surface area contributed by atoms with Crippen molar-refractivity contribution in [2.75, 3.05) is 29.0 Å². The number of rotatable bonds is 5. The number of ether oxygens (including phenoxy) is 1. The fourth-order valence-electron chi connectivity index (χ4n) is 2.98. The first-order valence-corrected chi connectivity index (χ1v) is 10.8. The molecule has 2 N–H and O–H groups in total. The summed E-state index contributed by atoms with van der Waals surface area (Å²) in [6.45, 7) is 0.657. The lowest BCUT2D eigenvalue weighted by Crippen LogP contribution is -2.37. The number of carbonyl (C=O) groups excluding carboxylic acids is 2. The molecular formula is C20H23N3O5S. The quantitative estimate of drug-likeness (QED) is 0.723. The Kier molecular flexibility index (Phi) is 6.38. The van der Waals surface area contributed by atoms with Crippen molar-refractivity contribution in [2.24, 2.45) is 0 Å². The van der Waals surface area contributed by atoms with E-state index in [4.69, 9.17) is 4.74 Å². The van der Waals surface area contributed by atoms with Crippen LogP contribution >= 0.6 is 0 Å². The van der Waals surface area contributed by atoms with Crippen molar-refractivity contribution in [2.45, 2.75) is 19.4 Å². The third-order valence-corrected chi connectivity index (χ3v) is 6.45. The summed E-state index contributed by atoms with van der Waals surface area (Å²) in [6.07, 6.45) is 1.48. The van der Waals surface area contributed by atoms with E-state index in [0.29, 0.717) is 30.1 Å². The van der Waals surface area contributed by atoms with E-state index in [1.54, 1.807) is 55.6 Å². The molecule has 2 aromatic carbocycles. The fourth-order valence-corrected chi connectivity index (χ4v) is 4.62. The topological polar surface area (TPSA) is 105 Å². The van der Waals surface area contributed by atoms with E-state index in [-0.39, 0.29) is 12.3 Å². The van der Waals surface area contributed by atoms with E-state index in [1.807, 2.05) is 0 Å². The molecule has 0 atom stereocenters. The van der Waals surface area contributed by atoms with Gasteiger partial charge in [-0.1, -0.05) is 12.1 Å². The maximum atomic E-state index is 12.2. The third-order valence-electron chi connectivity index (χ3n) is 4.58. The van der Waals surface area contributed by atoms with E-state index >= 15 is 0 Å². The van der Waals surface area contributed by atoms with E-state index in [1.165, 1.54) is 4.31 Å². The van der Waals surface area contributed by atoms with Gasteiger partial charge in [-0.05, 0) is 54.8 Å². The van der Waals surface area contributed by atoms with Crippen molar-refractivity contribution in [3.8, 4) is 5.75 Å². The minimum absolute atomic E-state index is 0.139. The zero-order chi connectivity index (χ0) is 20.9. The first kappa shape index (κ1) is 20.7. The summed E-state index contributed by atoms with van der Waals surface area (Å²) in [5.74, 6) is -0.709. The zero-order valence-corrected chi connectivity index (χ0v) is 16.9. The molecule has 9 heteroatoms. The van der Waals surface area contributed by atoms with E-state index in [2.05, 4.69) is 10.6 Å². The van der Waals surface area contributed by atoms with Gasteiger partial charge < -0.3 is 15.4 Å². The Balaban J connectivity index is 1.55. The van der Waals surface area contributed by atoms with Gasteiger partial charge in [0.15, 0.2) is 0 Å². The number of sulfonamides is 1. The number of benzene rings is 2. The molecule has 0 bridgehead atoms. The molecule has 0 spiro atoms. The molecule has 0 radical (unpaired) electrons. The normalized spacial score (nSPS) is 15.4. The Bertz CT molecular complexity index is 972. The van der Waals surface area contributed by atoms with Crippen LogP contribution in [0.5, 0.6) is 5.75 Å². The Hall–Kier alpha value is -3.07. The summed E-state index contributed by atoms with van der Waals surface area (Å²) in [7, 11) is -1.72. The Labute approximate surface area is 169 Å². The second kappa shape index (κ2) is 8.95. The van der Waals surface area contributed by atoms with Crippen molar-refractivity contribution in [3.05, 3.63) is 54.1 Å². The second-order valence-corrected chi connectivity index (χ2v) is 8.64.